The molecule has 1 amide bonds. The Morgan fingerprint density at radius 3 is 2.43 bits per heavy atom. The number of hydrogen-bond acceptors (Lipinski definition) is 3. The third kappa shape index (κ3) is 3.86. The van der Waals surface area contributed by atoms with Crippen LogP contribution in [0.1, 0.15) is 38.2 Å². The van der Waals surface area contributed by atoms with Crippen molar-refractivity contribution in [1.29, 1.82) is 0 Å². The predicted molar refractivity (Wildman–Crippen MR) is 94.8 cm³/mol. The topological polar surface area (TPSA) is 35.6 Å². The summed E-state index contributed by atoms with van der Waals surface area (Å²) >= 11 is 0. The van der Waals surface area contributed by atoms with Gasteiger partial charge < -0.3 is 10.2 Å². The summed E-state index contributed by atoms with van der Waals surface area (Å²) in [6.07, 6.45) is 4.82. The molecule has 4 nitrogen and oxygen atoms in total. The second-order valence-electron chi connectivity index (χ2n) is 6.98. The molecule has 0 aromatic heterocycles. The lowest BCUT2D eigenvalue weighted by molar-refractivity contribution is -0.126. The van der Waals surface area contributed by atoms with Crippen molar-refractivity contribution >= 4 is 11.6 Å². The van der Waals surface area contributed by atoms with Gasteiger partial charge in [-0.1, -0.05) is 31.0 Å². The molecule has 1 aliphatic heterocycles. The molecule has 0 radical (unpaired) electrons. The van der Waals surface area contributed by atoms with E-state index in [4.69, 9.17) is 0 Å². The Morgan fingerprint density at radius 1 is 1.13 bits per heavy atom. The lowest BCUT2D eigenvalue weighted by atomic mass is 10.1. The molecular formula is C19H29N3O. The average Bonchev–Trinajstić information content (AvgIpc) is 3.08. The number of benzene rings is 1. The molecule has 2 aliphatic rings. The van der Waals surface area contributed by atoms with Crippen LogP contribution < -0.4 is 10.2 Å². The van der Waals surface area contributed by atoms with Crippen LogP contribution in [0.5, 0.6) is 0 Å². The van der Waals surface area contributed by atoms with Gasteiger partial charge in [-0.3, -0.25) is 9.69 Å². The lowest BCUT2D eigenvalue weighted by Gasteiger charge is -2.39. The van der Waals surface area contributed by atoms with E-state index < -0.39 is 0 Å². The molecule has 3 rings (SSSR count). The van der Waals surface area contributed by atoms with Gasteiger partial charge in [0.25, 0.3) is 0 Å². The van der Waals surface area contributed by atoms with Crippen LogP contribution in [0.15, 0.2) is 24.3 Å². The normalized spacial score (nSPS) is 21.4. The van der Waals surface area contributed by atoms with E-state index in [1.165, 1.54) is 24.1 Å². The highest BCUT2D eigenvalue weighted by Crippen LogP contribution is 2.22. The monoisotopic (exact) mass is 315 g/mol. The summed E-state index contributed by atoms with van der Waals surface area (Å²) in [5.41, 5.74) is 2.66. The summed E-state index contributed by atoms with van der Waals surface area (Å²) in [5.74, 6) is 0.209. The van der Waals surface area contributed by atoms with E-state index in [0.717, 1.165) is 39.0 Å². The average molecular weight is 315 g/mol. The van der Waals surface area contributed by atoms with E-state index in [2.05, 4.69) is 46.3 Å². The molecule has 1 aromatic carbocycles. The van der Waals surface area contributed by atoms with E-state index in [0.29, 0.717) is 6.04 Å². The molecule has 23 heavy (non-hydrogen) atoms. The first-order valence-corrected chi connectivity index (χ1v) is 9.00. The van der Waals surface area contributed by atoms with Gasteiger partial charge in [0.2, 0.25) is 5.91 Å². The first-order valence-electron chi connectivity index (χ1n) is 9.00. The largest absolute Gasteiger partial charge is 0.369 e. The number of piperazine rings is 1. The van der Waals surface area contributed by atoms with E-state index >= 15 is 0 Å². The summed E-state index contributed by atoms with van der Waals surface area (Å²) in [6.45, 7) is 8.10. The standard InChI is InChI=1S/C19H29N3O/c1-15-7-3-6-10-18(15)22-13-11-21(12-14-22)16(2)19(23)20-17-8-4-5-9-17/h3,6-7,10,16-17H,4-5,8-9,11-14H2,1-2H3,(H,20,23)/t16-/m1/s1. The van der Waals surface area contributed by atoms with Crippen LogP contribution in [-0.4, -0.2) is 49.1 Å². The number of amides is 1. The molecule has 4 heteroatoms. The summed E-state index contributed by atoms with van der Waals surface area (Å²) in [4.78, 5) is 17.2. The second-order valence-corrected chi connectivity index (χ2v) is 6.98. The van der Waals surface area contributed by atoms with Gasteiger partial charge >= 0.3 is 0 Å². The van der Waals surface area contributed by atoms with Gasteiger partial charge in [-0.15, -0.1) is 0 Å². The first-order chi connectivity index (χ1) is 11.1. The Bertz CT molecular complexity index is 531. The molecule has 1 aromatic rings. The SMILES string of the molecule is Cc1ccccc1N1CCN([C@H](C)C(=O)NC2CCCC2)CC1. The Hall–Kier alpha value is -1.55. The summed E-state index contributed by atoms with van der Waals surface area (Å²) in [6, 6.07) is 8.95. The molecule has 0 bridgehead atoms. The number of para-hydroxylation sites is 1. The van der Waals surface area contributed by atoms with Crippen LogP contribution in [0, 0.1) is 6.92 Å². The summed E-state index contributed by atoms with van der Waals surface area (Å²) < 4.78 is 0. The second kappa shape index (κ2) is 7.35. The maximum Gasteiger partial charge on any atom is 0.237 e. The minimum absolute atomic E-state index is 0.0189. The smallest absolute Gasteiger partial charge is 0.237 e. The van der Waals surface area contributed by atoms with Crippen LogP contribution >= 0.6 is 0 Å². The van der Waals surface area contributed by atoms with Crippen LogP contribution in [0.4, 0.5) is 5.69 Å². The van der Waals surface area contributed by atoms with Gasteiger partial charge in [-0.2, -0.15) is 0 Å². The van der Waals surface area contributed by atoms with Crippen molar-refractivity contribution < 1.29 is 4.79 Å². The van der Waals surface area contributed by atoms with Crippen molar-refractivity contribution in [3.63, 3.8) is 0 Å². The molecule has 1 atom stereocenters. The molecule has 2 fully saturated rings. The van der Waals surface area contributed by atoms with E-state index in [-0.39, 0.29) is 11.9 Å². The van der Waals surface area contributed by atoms with Gasteiger partial charge in [0.05, 0.1) is 6.04 Å². The fraction of sp³-hybridized carbons (Fsp3) is 0.632. The maximum absolute atomic E-state index is 12.4. The minimum Gasteiger partial charge on any atom is -0.369 e. The molecule has 1 aliphatic carbocycles. The first kappa shape index (κ1) is 16.3. The third-order valence-corrected chi connectivity index (χ3v) is 5.40. The van der Waals surface area contributed by atoms with Crippen LogP contribution in [0.25, 0.3) is 0 Å². The molecule has 0 spiro atoms. The zero-order valence-electron chi connectivity index (χ0n) is 14.4. The molecule has 0 unspecified atom stereocenters. The zero-order chi connectivity index (χ0) is 16.2. The number of anilines is 1. The Balaban J connectivity index is 1.51. The molecule has 1 heterocycles. The van der Waals surface area contributed by atoms with Crippen molar-refractivity contribution in [2.24, 2.45) is 0 Å². The van der Waals surface area contributed by atoms with Gasteiger partial charge in [0.1, 0.15) is 0 Å². The number of nitrogens with one attached hydrogen (secondary N) is 1. The van der Waals surface area contributed by atoms with Gasteiger partial charge in [-0.05, 0) is 38.3 Å². The molecule has 1 saturated carbocycles. The predicted octanol–water partition coefficient (Wildman–Crippen LogP) is 2.56. The third-order valence-electron chi connectivity index (χ3n) is 5.40. The fourth-order valence-electron chi connectivity index (χ4n) is 3.83. The van der Waals surface area contributed by atoms with Crippen molar-refractivity contribution in [2.45, 2.75) is 51.6 Å². The van der Waals surface area contributed by atoms with E-state index in [9.17, 15) is 4.79 Å². The highest BCUT2D eigenvalue weighted by atomic mass is 16.2. The zero-order valence-corrected chi connectivity index (χ0v) is 14.4. The number of carbonyl (C=O) groups excluding carboxylic acids is 1. The number of nitrogens with zero attached hydrogens (tertiary/aromatic N) is 2. The van der Waals surface area contributed by atoms with Crippen molar-refractivity contribution in [1.82, 2.24) is 10.2 Å². The Morgan fingerprint density at radius 2 is 1.78 bits per heavy atom. The maximum atomic E-state index is 12.4. The Labute approximate surface area is 139 Å². The van der Waals surface area contributed by atoms with E-state index in [1.54, 1.807) is 0 Å². The number of hydrogen-bond donors (Lipinski definition) is 1. The quantitative estimate of drug-likeness (QED) is 0.927. The van der Waals surface area contributed by atoms with Crippen molar-refractivity contribution in [3.8, 4) is 0 Å². The molecule has 1 saturated heterocycles. The van der Waals surface area contributed by atoms with E-state index in [1.807, 2.05) is 6.92 Å². The van der Waals surface area contributed by atoms with Gasteiger partial charge in [-0.25, -0.2) is 0 Å². The fourth-order valence-corrected chi connectivity index (χ4v) is 3.83. The Kier molecular flexibility index (Phi) is 5.21. The lowest BCUT2D eigenvalue weighted by Crippen LogP contribution is -2.55. The van der Waals surface area contributed by atoms with Crippen LogP contribution in [-0.2, 0) is 4.79 Å². The summed E-state index contributed by atoms with van der Waals surface area (Å²) in [7, 11) is 0. The van der Waals surface area contributed by atoms with Gasteiger partial charge in [0.15, 0.2) is 0 Å². The van der Waals surface area contributed by atoms with Crippen molar-refractivity contribution in [2.75, 3.05) is 31.1 Å². The molecule has 126 valence electrons. The molecule has 1 N–H and O–H groups in total. The highest BCUT2D eigenvalue weighted by Gasteiger charge is 2.27. The highest BCUT2D eigenvalue weighted by molar-refractivity contribution is 5.81. The number of aryl methyl sites for hydroxylation is 1. The summed E-state index contributed by atoms with van der Waals surface area (Å²) in [5, 5.41) is 3.23. The number of rotatable bonds is 4. The minimum atomic E-state index is -0.0189. The van der Waals surface area contributed by atoms with Crippen molar-refractivity contribution in [3.05, 3.63) is 29.8 Å². The number of carbonyl (C=O) groups is 1. The molecular weight excluding hydrogens is 286 g/mol. The van der Waals surface area contributed by atoms with Crippen LogP contribution in [0.3, 0.4) is 0 Å². The van der Waals surface area contributed by atoms with Gasteiger partial charge in [0, 0.05) is 37.9 Å². The van der Waals surface area contributed by atoms with Crippen LogP contribution in [0.2, 0.25) is 0 Å².